The first-order chi connectivity index (χ1) is 13.2. The zero-order valence-electron chi connectivity index (χ0n) is 16.5. The summed E-state index contributed by atoms with van der Waals surface area (Å²) in [5.74, 6) is -0.824. The number of hydrogen-bond donors (Lipinski definition) is 0. The Morgan fingerprint density at radius 1 is 1.11 bits per heavy atom. The average Bonchev–Trinajstić information content (AvgIpc) is 2.63. The van der Waals surface area contributed by atoms with Gasteiger partial charge in [-0.15, -0.1) is 0 Å². The largest absolute Gasteiger partial charge is 0.496 e. The highest BCUT2D eigenvalue weighted by molar-refractivity contribution is 6.13. The molecule has 0 bridgehead atoms. The van der Waals surface area contributed by atoms with Crippen LogP contribution < -0.4 is 15.1 Å². The quantitative estimate of drug-likeness (QED) is 0.237. The molecule has 2 rings (SSSR count). The Bertz CT molecular complexity index is 1020. The molecule has 0 unspecified atom stereocenters. The van der Waals surface area contributed by atoms with Crippen LogP contribution in [-0.4, -0.2) is 32.1 Å². The van der Waals surface area contributed by atoms with Crippen LogP contribution in [0, 0.1) is 0 Å². The lowest BCUT2D eigenvalue weighted by Gasteiger charge is -2.19. The highest BCUT2D eigenvalue weighted by Gasteiger charge is 2.31. The van der Waals surface area contributed by atoms with Gasteiger partial charge in [0.1, 0.15) is 17.1 Å². The minimum atomic E-state index is -1.28. The topological polar surface area (TPSA) is 92.0 Å². The molecule has 1 atom stereocenters. The number of carbonyl (C=O) groups excluding carboxylic acids is 2. The summed E-state index contributed by atoms with van der Waals surface area (Å²) in [5.41, 5.74) is 0.332. The first kappa shape index (κ1) is 21.0. The number of methoxy groups -OCH3 is 2. The first-order valence-corrected chi connectivity index (χ1v) is 8.43. The monoisotopic (exact) mass is 386 g/mol. The maximum Gasteiger partial charge on any atom is 0.336 e. The van der Waals surface area contributed by atoms with E-state index in [-0.39, 0.29) is 16.9 Å². The number of ketones is 1. The second-order valence-corrected chi connectivity index (χ2v) is 6.40. The van der Waals surface area contributed by atoms with Crippen LogP contribution in [0.25, 0.3) is 11.0 Å². The number of carbonyl (C=O) groups is 2. The van der Waals surface area contributed by atoms with E-state index < -0.39 is 23.5 Å². The lowest BCUT2D eigenvalue weighted by molar-refractivity contribution is -0.139. The van der Waals surface area contributed by atoms with Crippen LogP contribution in [0.5, 0.6) is 11.5 Å². The highest BCUT2D eigenvalue weighted by atomic mass is 16.5. The molecule has 7 nitrogen and oxygen atoms in total. The molecule has 0 fully saturated rings. The fraction of sp³-hybridized carbons (Fsp3) is 0.286. The summed E-state index contributed by atoms with van der Waals surface area (Å²) in [4.78, 5) is 37.1. The molecule has 0 saturated carbocycles. The molecule has 0 N–H and O–H groups in total. The summed E-state index contributed by atoms with van der Waals surface area (Å²) >= 11 is 0. The van der Waals surface area contributed by atoms with Crippen LogP contribution in [0.4, 0.5) is 0 Å². The van der Waals surface area contributed by atoms with Crippen molar-refractivity contribution in [2.45, 2.75) is 26.9 Å². The van der Waals surface area contributed by atoms with Crippen molar-refractivity contribution in [1.82, 2.24) is 0 Å². The van der Waals surface area contributed by atoms with Crippen LogP contribution >= 0.6 is 0 Å². The fourth-order valence-corrected chi connectivity index (χ4v) is 2.64. The van der Waals surface area contributed by atoms with E-state index in [2.05, 4.69) is 6.58 Å². The third kappa shape index (κ3) is 4.31. The number of hydrogen-bond acceptors (Lipinski definition) is 7. The van der Waals surface area contributed by atoms with E-state index in [9.17, 15) is 14.4 Å². The number of esters is 1. The van der Waals surface area contributed by atoms with Crippen molar-refractivity contribution in [3.8, 4) is 11.5 Å². The zero-order valence-corrected chi connectivity index (χ0v) is 16.5. The smallest absolute Gasteiger partial charge is 0.336 e. The molecule has 0 spiro atoms. The predicted molar refractivity (Wildman–Crippen MR) is 104 cm³/mol. The maximum atomic E-state index is 13.3. The van der Waals surface area contributed by atoms with E-state index in [1.165, 1.54) is 38.5 Å². The van der Waals surface area contributed by atoms with E-state index in [0.29, 0.717) is 16.7 Å². The highest BCUT2D eigenvalue weighted by Crippen LogP contribution is 2.36. The van der Waals surface area contributed by atoms with Gasteiger partial charge in [0.2, 0.25) is 5.78 Å². The molecular weight excluding hydrogens is 364 g/mol. The predicted octanol–water partition coefficient (Wildman–Crippen LogP) is 3.45. The first-order valence-electron chi connectivity index (χ1n) is 8.43. The summed E-state index contributed by atoms with van der Waals surface area (Å²) in [7, 11) is 2.81. The Morgan fingerprint density at radius 2 is 1.75 bits per heavy atom. The molecule has 1 aromatic carbocycles. The molecule has 1 aromatic heterocycles. The van der Waals surface area contributed by atoms with Gasteiger partial charge in [0.05, 0.1) is 19.6 Å². The Kier molecular flexibility index (Phi) is 6.41. The van der Waals surface area contributed by atoms with Gasteiger partial charge in [0, 0.05) is 18.2 Å². The molecule has 0 radical (unpaired) electrons. The van der Waals surface area contributed by atoms with Crippen molar-refractivity contribution in [3.05, 3.63) is 58.0 Å². The zero-order chi connectivity index (χ0) is 21.0. The number of Topliss-reactive ketones (excluding diaryl/α,β-unsaturated/α-hetero) is 1. The van der Waals surface area contributed by atoms with Crippen molar-refractivity contribution < 1.29 is 28.2 Å². The van der Waals surface area contributed by atoms with Crippen molar-refractivity contribution in [3.63, 3.8) is 0 Å². The molecule has 28 heavy (non-hydrogen) atoms. The van der Waals surface area contributed by atoms with E-state index in [4.69, 9.17) is 18.6 Å². The van der Waals surface area contributed by atoms with Crippen LogP contribution in [-0.2, 0) is 9.53 Å². The minimum absolute atomic E-state index is 0.0155. The summed E-state index contributed by atoms with van der Waals surface area (Å²) in [6, 6.07) is 4.21. The van der Waals surface area contributed by atoms with Gasteiger partial charge in [-0.05, 0) is 32.4 Å². The Morgan fingerprint density at radius 3 is 2.29 bits per heavy atom. The molecule has 148 valence electrons. The summed E-state index contributed by atoms with van der Waals surface area (Å²) < 4.78 is 21.2. The Balaban J connectivity index is 2.69. The molecule has 0 aliphatic rings. The Labute approximate surface area is 162 Å². The van der Waals surface area contributed by atoms with Crippen LogP contribution in [0.3, 0.4) is 0 Å². The van der Waals surface area contributed by atoms with Crippen molar-refractivity contribution >= 4 is 22.7 Å². The average molecular weight is 386 g/mol. The van der Waals surface area contributed by atoms with Crippen LogP contribution in [0.1, 0.15) is 31.1 Å². The van der Waals surface area contributed by atoms with Crippen molar-refractivity contribution in [2.75, 3.05) is 14.2 Å². The second kappa shape index (κ2) is 8.56. The minimum Gasteiger partial charge on any atom is -0.496 e. The number of benzene rings is 1. The summed E-state index contributed by atoms with van der Waals surface area (Å²) in [6.45, 7) is 8.77. The third-order valence-corrected chi connectivity index (χ3v) is 3.85. The number of rotatable bonds is 7. The van der Waals surface area contributed by atoms with Gasteiger partial charge in [0.25, 0.3) is 0 Å². The molecule has 1 heterocycles. The molecular formula is C21H22O7. The van der Waals surface area contributed by atoms with Gasteiger partial charge < -0.3 is 18.6 Å². The standard InChI is InChI=1S/C21H22O7/c1-11(2)9-17(23)28-20(12(3)4)19(24)18-15(26-6)10-14(25-5)13-7-8-16(22)27-21(13)18/h7-10,20H,3H2,1-2,4-6H3/t20-/m0/s1. The maximum absolute atomic E-state index is 13.3. The Hall–Kier alpha value is -3.35. The summed E-state index contributed by atoms with van der Waals surface area (Å²) in [6.07, 6.45) is -0.00807. The molecule has 2 aromatic rings. The molecule has 7 heteroatoms. The molecule has 0 aliphatic carbocycles. The van der Waals surface area contributed by atoms with Gasteiger partial charge in [-0.2, -0.15) is 0 Å². The normalized spacial score (nSPS) is 11.5. The number of ether oxygens (including phenoxy) is 3. The number of allylic oxidation sites excluding steroid dienone is 1. The van der Waals surface area contributed by atoms with E-state index in [0.717, 1.165) is 5.57 Å². The van der Waals surface area contributed by atoms with Crippen LogP contribution in [0.15, 0.2) is 51.2 Å². The van der Waals surface area contributed by atoms with Gasteiger partial charge in [0.15, 0.2) is 11.7 Å². The van der Waals surface area contributed by atoms with Gasteiger partial charge in [-0.25, -0.2) is 9.59 Å². The second-order valence-electron chi connectivity index (χ2n) is 6.40. The third-order valence-electron chi connectivity index (χ3n) is 3.85. The summed E-state index contributed by atoms with van der Waals surface area (Å²) in [5, 5.41) is 0.405. The fourth-order valence-electron chi connectivity index (χ4n) is 2.64. The number of fused-ring (bicyclic) bond motifs is 1. The lowest BCUT2D eigenvalue weighted by Crippen LogP contribution is -2.28. The van der Waals surface area contributed by atoms with Gasteiger partial charge in [-0.3, -0.25) is 4.79 Å². The van der Waals surface area contributed by atoms with Crippen molar-refractivity contribution in [2.24, 2.45) is 0 Å². The van der Waals surface area contributed by atoms with Gasteiger partial charge >= 0.3 is 11.6 Å². The van der Waals surface area contributed by atoms with E-state index >= 15 is 0 Å². The molecule has 0 aliphatic heterocycles. The van der Waals surface area contributed by atoms with E-state index in [1.807, 2.05) is 0 Å². The van der Waals surface area contributed by atoms with Gasteiger partial charge in [-0.1, -0.05) is 12.2 Å². The molecule has 0 amide bonds. The van der Waals surface area contributed by atoms with E-state index in [1.54, 1.807) is 20.8 Å². The molecule has 0 saturated heterocycles. The van der Waals surface area contributed by atoms with Crippen LogP contribution in [0.2, 0.25) is 0 Å². The SMILES string of the molecule is C=C(C)[C@H](OC(=O)C=C(C)C)C(=O)c1c(OC)cc(OC)c2ccc(=O)oc12. The lowest BCUT2D eigenvalue weighted by atomic mass is 9.98. The van der Waals surface area contributed by atoms with Crippen molar-refractivity contribution in [1.29, 1.82) is 0 Å².